The van der Waals surface area contributed by atoms with E-state index in [1.54, 1.807) is 0 Å². The maximum Gasteiger partial charge on any atom is 0.158 e. The lowest BCUT2D eigenvalue weighted by Crippen LogP contribution is -2.22. The van der Waals surface area contributed by atoms with Gasteiger partial charge in [0.1, 0.15) is 5.69 Å². The minimum Gasteiger partial charge on any atom is -0.353 e. The van der Waals surface area contributed by atoms with Crippen molar-refractivity contribution >= 4 is 0 Å². The van der Waals surface area contributed by atoms with Crippen molar-refractivity contribution in [2.24, 2.45) is 0 Å². The molecule has 0 bridgehead atoms. The number of ether oxygens (including phenoxy) is 2. The van der Waals surface area contributed by atoms with E-state index in [0.717, 1.165) is 44.5 Å². The summed E-state index contributed by atoms with van der Waals surface area (Å²) >= 11 is 0. The zero-order chi connectivity index (χ0) is 16.5. The van der Waals surface area contributed by atoms with E-state index >= 15 is 0 Å². The van der Waals surface area contributed by atoms with Crippen LogP contribution in [0.2, 0.25) is 0 Å². The Morgan fingerprint density at radius 2 is 2.22 bits per heavy atom. The summed E-state index contributed by atoms with van der Waals surface area (Å²) in [6.45, 7) is 8.46. The van der Waals surface area contributed by atoms with Crippen LogP contribution in [0.3, 0.4) is 0 Å². The second-order valence-electron chi connectivity index (χ2n) is 6.41. The maximum atomic E-state index is 5.72. The first kappa shape index (κ1) is 17.9. The topological polar surface area (TPSA) is 49.2 Å². The molecule has 1 aromatic heterocycles. The molecule has 0 amide bonds. The predicted molar refractivity (Wildman–Crippen MR) is 90.8 cm³/mol. The highest BCUT2D eigenvalue weighted by atomic mass is 16.7. The Labute approximate surface area is 139 Å². The molecule has 1 unspecified atom stereocenters. The van der Waals surface area contributed by atoms with Crippen molar-refractivity contribution in [1.82, 2.24) is 15.0 Å². The van der Waals surface area contributed by atoms with Crippen LogP contribution < -0.4 is 0 Å². The lowest BCUT2D eigenvalue weighted by atomic mass is 10.1. The Kier molecular flexibility index (Phi) is 7.49. The van der Waals surface area contributed by atoms with Crippen LogP contribution in [-0.4, -0.2) is 27.9 Å². The number of nitrogens with zero attached hydrogens (tertiary/aromatic N) is 3. The third-order valence-corrected chi connectivity index (χ3v) is 3.86. The minimum atomic E-state index is -0.0777. The summed E-state index contributed by atoms with van der Waals surface area (Å²) in [5.41, 5.74) is 3.61. The van der Waals surface area contributed by atoms with E-state index in [1.165, 1.54) is 17.6 Å². The van der Waals surface area contributed by atoms with Crippen LogP contribution in [0.4, 0.5) is 0 Å². The molecule has 23 heavy (non-hydrogen) atoms. The molecule has 1 atom stereocenters. The van der Waals surface area contributed by atoms with E-state index < -0.39 is 0 Å². The summed E-state index contributed by atoms with van der Waals surface area (Å²) < 4.78 is 13.1. The summed E-state index contributed by atoms with van der Waals surface area (Å²) in [7, 11) is 0. The van der Waals surface area contributed by atoms with Gasteiger partial charge in [-0.25, -0.2) is 4.68 Å². The van der Waals surface area contributed by atoms with E-state index in [9.17, 15) is 0 Å². The molecule has 5 heteroatoms. The molecule has 1 fully saturated rings. The van der Waals surface area contributed by atoms with Gasteiger partial charge in [0.2, 0.25) is 0 Å². The molecule has 0 aliphatic carbocycles. The van der Waals surface area contributed by atoms with Crippen LogP contribution in [-0.2, 0) is 22.6 Å². The Morgan fingerprint density at radius 3 is 2.96 bits per heavy atom. The van der Waals surface area contributed by atoms with Gasteiger partial charge in [0, 0.05) is 6.61 Å². The van der Waals surface area contributed by atoms with E-state index in [1.807, 2.05) is 10.9 Å². The second-order valence-corrected chi connectivity index (χ2v) is 6.41. The Hall–Kier alpha value is -1.46. The number of aromatic nitrogens is 3. The molecular weight excluding hydrogens is 290 g/mol. The van der Waals surface area contributed by atoms with E-state index in [2.05, 4.69) is 43.2 Å². The summed E-state index contributed by atoms with van der Waals surface area (Å²) in [5, 5.41) is 8.31. The van der Waals surface area contributed by atoms with Gasteiger partial charge in [-0.1, -0.05) is 28.5 Å². The van der Waals surface area contributed by atoms with Gasteiger partial charge >= 0.3 is 0 Å². The van der Waals surface area contributed by atoms with Crippen molar-refractivity contribution in [3.8, 4) is 0 Å². The van der Waals surface area contributed by atoms with Gasteiger partial charge < -0.3 is 9.47 Å². The molecule has 0 aromatic carbocycles. The highest BCUT2D eigenvalue weighted by Crippen LogP contribution is 2.15. The molecular formula is C18H29N3O2. The van der Waals surface area contributed by atoms with Crippen LogP contribution in [0.5, 0.6) is 0 Å². The second kappa shape index (κ2) is 9.63. The summed E-state index contributed by atoms with van der Waals surface area (Å²) in [6, 6.07) is 0. The fourth-order valence-electron chi connectivity index (χ4n) is 2.45. The fourth-order valence-corrected chi connectivity index (χ4v) is 2.45. The van der Waals surface area contributed by atoms with Gasteiger partial charge in [-0.3, -0.25) is 0 Å². The number of hydrogen-bond acceptors (Lipinski definition) is 4. The highest BCUT2D eigenvalue weighted by molar-refractivity contribution is 5.02. The van der Waals surface area contributed by atoms with E-state index in [0.29, 0.717) is 6.61 Å². The molecule has 0 N–H and O–H groups in total. The molecule has 2 rings (SSSR count). The molecule has 0 radical (unpaired) electrons. The molecule has 128 valence electrons. The molecule has 2 heterocycles. The first-order valence-electron chi connectivity index (χ1n) is 8.54. The zero-order valence-electron chi connectivity index (χ0n) is 14.6. The molecule has 1 aliphatic heterocycles. The third kappa shape index (κ3) is 7.10. The van der Waals surface area contributed by atoms with Crippen LogP contribution >= 0.6 is 0 Å². The van der Waals surface area contributed by atoms with Gasteiger partial charge in [-0.05, 0) is 52.9 Å². The molecule has 1 aromatic rings. The number of allylic oxidation sites excluding steroid dienone is 4. The molecule has 5 nitrogen and oxygen atoms in total. The third-order valence-electron chi connectivity index (χ3n) is 3.86. The summed E-state index contributed by atoms with van der Waals surface area (Å²) in [4.78, 5) is 0. The van der Waals surface area contributed by atoms with Crippen LogP contribution in [0.15, 0.2) is 29.5 Å². The van der Waals surface area contributed by atoms with Crippen LogP contribution in [0.1, 0.15) is 58.6 Å². The van der Waals surface area contributed by atoms with Crippen LogP contribution in [0, 0.1) is 0 Å². The van der Waals surface area contributed by atoms with Crippen molar-refractivity contribution in [3.63, 3.8) is 0 Å². The van der Waals surface area contributed by atoms with Crippen molar-refractivity contribution in [3.05, 3.63) is 35.2 Å². The van der Waals surface area contributed by atoms with Gasteiger partial charge in [-0.15, -0.1) is 5.10 Å². The zero-order valence-corrected chi connectivity index (χ0v) is 14.6. The average molecular weight is 319 g/mol. The molecule has 1 saturated heterocycles. The molecule has 0 spiro atoms. The van der Waals surface area contributed by atoms with Gasteiger partial charge in [0.15, 0.2) is 6.29 Å². The van der Waals surface area contributed by atoms with Crippen molar-refractivity contribution in [2.75, 3.05) is 6.61 Å². The smallest absolute Gasteiger partial charge is 0.158 e. The Morgan fingerprint density at radius 1 is 1.35 bits per heavy atom. The average Bonchev–Trinajstić information content (AvgIpc) is 2.99. The van der Waals surface area contributed by atoms with Crippen molar-refractivity contribution in [2.45, 2.75) is 72.3 Å². The first-order valence-corrected chi connectivity index (χ1v) is 8.54. The standard InChI is InChI=1S/C18H29N3O2/c1-15(2)7-6-8-16(3)10-11-21-13-17(19-20-21)14-23-18-9-4-5-12-22-18/h7,10,13,18H,4-6,8-9,11-12,14H2,1-3H3. The van der Waals surface area contributed by atoms with E-state index in [-0.39, 0.29) is 6.29 Å². The SMILES string of the molecule is CC(C)=CCCC(C)=CCn1cc(COC2CCCCO2)nn1. The Bertz CT molecular complexity index is 524. The summed E-state index contributed by atoms with van der Waals surface area (Å²) in [5.74, 6) is 0. The highest BCUT2D eigenvalue weighted by Gasteiger charge is 2.14. The van der Waals surface area contributed by atoms with E-state index in [4.69, 9.17) is 9.47 Å². The van der Waals surface area contributed by atoms with Crippen molar-refractivity contribution in [1.29, 1.82) is 0 Å². The largest absolute Gasteiger partial charge is 0.353 e. The number of hydrogen-bond donors (Lipinski definition) is 0. The van der Waals surface area contributed by atoms with Gasteiger partial charge in [-0.2, -0.15) is 0 Å². The molecule has 0 saturated carbocycles. The van der Waals surface area contributed by atoms with Gasteiger partial charge in [0.05, 0.1) is 19.3 Å². The summed E-state index contributed by atoms with van der Waals surface area (Å²) in [6.07, 6.45) is 11.8. The Balaban J connectivity index is 1.72. The normalized spacial score (nSPS) is 18.9. The van der Waals surface area contributed by atoms with Gasteiger partial charge in [0.25, 0.3) is 0 Å². The predicted octanol–water partition coefficient (Wildman–Crippen LogP) is 4.01. The maximum absolute atomic E-state index is 5.72. The number of rotatable bonds is 8. The molecule has 1 aliphatic rings. The minimum absolute atomic E-state index is 0.0777. The quantitative estimate of drug-likeness (QED) is 0.679. The lowest BCUT2D eigenvalue weighted by molar-refractivity contribution is -0.169. The lowest BCUT2D eigenvalue weighted by Gasteiger charge is -2.22. The van der Waals surface area contributed by atoms with Crippen LogP contribution in [0.25, 0.3) is 0 Å². The monoisotopic (exact) mass is 319 g/mol. The first-order chi connectivity index (χ1) is 11.1. The van der Waals surface area contributed by atoms with Crippen molar-refractivity contribution < 1.29 is 9.47 Å². The fraction of sp³-hybridized carbons (Fsp3) is 0.667.